The summed E-state index contributed by atoms with van der Waals surface area (Å²) < 4.78 is 5.50. The van der Waals surface area contributed by atoms with Crippen LogP contribution in [0.2, 0.25) is 5.02 Å². The summed E-state index contributed by atoms with van der Waals surface area (Å²) in [7, 11) is 1.82. The van der Waals surface area contributed by atoms with Crippen molar-refractivity contribution in [2.24, 2.45) is 10.9 Å². The van der Waals surface area contributed by atoms with Gasteiger partial charge in [-0.1, -0.05) is 36.7 Å². The standard InChI is InChI=1S/C18H27ClN4O/c1-13-11-16(13)22-18(20-2)21-12-17(23-7-9-24-10-8-23)14-5-3-4-6-15(14)19/h3-6,13,16-17H,7-12H2,1-2H3,(H2,20,21,22). The Kier molecular flexibility index (Phi) is 5.98. The molecule has 132 valence electrons. The lowest BCUT2D eigenvalue weighted by Gasteiger charge is -2.35. The predicted molar refractivity (Wildman–Crippen MR) is 98.7 cm³/mol. The fourth-order valence-corrected chi connectivity index (χ4v) is 3.42. The first-order valence-corrected chi connectivity index (χ1v) is 9.10. The highest BCUT2D eigenvalue weighted by Gasteiger charge is 2.33. The van der Waals surface area contributed by atoms with Crippen LogP contribution >= 0.6 is 11.6 Å². The Morgan fingerprint density at radius 2 is 2.08 bits per heavy atom. The minimum Gasteiger partial charge on any atom is -0.379 e. The third-order valence-electron chi connectivity index (χ3n) is 4.87. The van der Waals surface area contributed by atoms with Crippen LogP contribution in [0.25, 0.3) is 0 Å². The number of morpholine rings is 1. The second kappa shape index (κ2) is 8.19. The van der Waals surface area contributed by atoms with Crippen LogP contribution in [0.1, 0.15) is 24.9 Å². The van der Waals surface area contributed by atoms with Crippen molar-refractivity contribution in [3.05, 3.63) is 34.9 Å². The molecule has 0 spiro atoms. The van der Waals surface area contributed by atoms with Gasteiger partial charge in [-0.15, -0.1) is 0 Å². The third-order valence-corrected chi connectivity index (χ3v) is 5.21. The molecule has 2 fully saturated rings. The van der Waals surface area contributed by atoms with Gasteiger partial charge in [0.05, 0.1) is 19.3 Å². The SMILES string of the molecule is CN=C(NCC(c1ccccc1Cl)N1CCOCC1)NC1CC1C. The molecule has 1 aromatic rings. The predicted octanol–water partition coefficient (Wildman–Crippen LogP) is 2.29. The molecule has 5 nitrogen and oxygen atoms in total. The van der Waals surface area contributed by atoms with Crippen molar-refractivity contribution < 1.29 is 4.74 Å². The van der Waals surface area contributed by atoms with E-state index in [2.05, 4.69) is 33.5 Å². The van der Waals surface area contributed by atoms with Crippen LogP contribution in [-0.2, 0) is 4.74 Å². The number of nitrogens with one attached hydrogen (secondary N) is 2. The molecule has 0 aromatic heterocycles. The summed E-state index contributed by atoms with van der Waals surface area (Å²) in [5, 5.41) is 7.77. The van der Waals surface area contributed by atoms with E-state index in [9.17, 15) is 0 Å². The Labute approximate surface area is 149 Å². The lowest BCUT2D eigenvalue weighted by Crippen LogP contribution is -2.46. The second-order valence-corrected chi connectivity index (χ2v) is 7.01. The maximum absolute atomic E-state index is 6.47. The number of benzene rings is 1. The first-order valence-electron chi connectivity index (χ1n) is 8.72. The lowest BCUT2D eigenvalue weighted by atomic mass is 10.0. The Morgan fingerprint density at radius 1 is 1.38 bits per heavy atom. The molecule has 1 saturated heterocycles. The topological polar surface area (TPSA) is 48.9 Å². The van der Waals surface area contributed by atoms with Crippen LogP contribution in [0.3, 0.4) is 0 Å². The highest BCUT2D eigenvalue weighted by atomic mass is 35.5. The van der Waals surface area contributed by atoms with Gasteiger partial charge in [0.2, 0.25) is 0 Å². The molecule has 6 heteroatoms. The smallest absolute Gasteiger partial charge is 0.191 e. The zero-order valence-corrected chi connectivity index (χ0v) is 15.2. The highest BCUT2D eigenvalue weighted by Crippen LogP contribution is 2.29. The quantitative estimate of drug-likeness (QED) is 0.632. The van der Waals surface area contributed by atoms with E-state index in [4.69, 9.17) is 16.3 Å². The fraction of sp³-hybridized carbons (Fsp3) is 0.611. The maximum Gasteiger partial charge on any atom is 0.191 e. The first kappa shape index (κ1) is 17.5. The van der Waals surface area contributed by atoms with Crippen molar-refractivity contribution in [1.29, 1.82) is 0 Å². The van der Waals surface area contributed by atoms with Gasteiger partial charge in [0.15, 0.2) is 5.96 Å². The van der Waals surface area contributed by atoms with Crippen molar-refractivity contribution in [3.8, 4) is 0 Å². The molecule has 1 saturated carbocycles. The van der Waals surface area contributed by atoms with Crippen LogP contribution < -0.4 is 10.6 Å². The number of nitrogens with zero attached hydrogens (tertiary/aromatic N) is 2. The van der Waals surface area contributed by atoms with E-state index < -0.39 is 0 Å². The van der Waals surface area contributed by atoms with E-state index in [1.165, 1.54) is 6.42 Å². The molecular weight excluding hydrogens is 324 g/mol. The number of guanidine groups is 1. The normalized spacial score (nSPS) is 26.0. The molecule has 1 aliphatic heterocycles. The van der Waals surface area contributed by atoms with Gasteiger partial charge in [-0.05, 0) is 24.0 Å². The van der Waals surface area contributed by atoms with Gasteiger partial charge in [-0.3, -0.25) is 9.89 Å². The van der Waals surface area contributed by atoms with Crippen molar-refractivity contribution in [2.75, 3.05) is 39.9 Å². The number of rotatable bonds is 5. The van der Waals surface area contributed by atoms with Gasteiger partial charge in [0, 0.05) is 37.7 Å². The number of hydrogen-bond donors (Lipinski definition) is 2. The lowest BCUT2D eigenvalue weighted by molar-refractivity contribution is 0.0170. The van der Waals surface area contributed by atoms with Crippen molar-refractivity contribution >= 4 is 17.6 Å². The summed E-state index contributed by atoms with van der Waals surface area (Å²) in [6.07, 6.45) is 1.22. The molecule has 3 unspecified atom stereocenters. The van der Waals surface area contributed by atoms with Crippen LogP contribution in [0.15, 0.2) is 29.3 Å². The Bertz CT molecular complexity index is 574. The fourth-order valence-electron chi connectivity index (χ4n) is 3.16. The summed E-state index contributed by atoms with van der Waals surface area (Å²) >= 11 is 6.47. The van der Waals surface area contributed by atoms with Gasteiger partial charge in [0.1, 0.15) is 0 Å². The van der Waals surface area contributed by atoms with E-state index in [-0.39, 0.29) is 6.04 Å². The molecule has 3 atom stereocenters. The van der Waals surface area contributed by atoms with Crippen LogP contribution in [0.4, 0.5) is 0 Å². The molecule has 2 N–H and O–H groups in total. The van der Waals surface area contributed by atoms with E-state index in [1.54, 1.807) is 0 Å². The van der Waals surface area contributed by atoms with E-state index >= 15 is 0 Å². The molecule has 1 aromatic carbocycles. The molecule has 0 bridgehead atoms. The minimum absolute atomic E-state index is 0.206. The number of ether oxygens (including phenoxy) is 1. The van der Waals surface area contributed by atoms with E-state index in [1.807, 2.05) is 25.2 Å². The zero-order valence-electron chi connectivity index (χ0n) is 14.5. The van der Waals surface area contributed by atoms with E-state index in [0.717, 1.165) is 55.3 Å². The Morgan fingerprint density at radius 3 is 2.71 bits per heavy atom. The molecule has 3 rings (SSSR count). The first-order chi connectivity index (χ1) is 11.7. The van der Waals surface area contributed by atoms with Crippen molar-refractivity contribution in [3.63, 3.8) is 0 Å². The van der Waals surface area contributed by atoms with Gasteiger partial charge < -0.3 is 15.4 Å². The van der Waals surface area contributed by atoms with Gasteiger partial charge in [-0.25, -0.2) is 0 Å². The van der Waals surface area contributed by atoms with Crippen LogP contribution in [-0.4, -0.2) is 56.8 Å². The van der Waals surface area contributed by atoms with Crippen LogP contribution in [0.5, 0.6) is 0 Å². The summed E-state index contributed by atoms with van der Waals surface area (Å²) in [4.78, 5) is 6.79. The molecule has 1 aliphatic carbocycles. The summed E-state index contributed by atoms with van der Waals surface area (Å²) in [6.45, 7) is 6.41. The molecule has 24 heavy (non-hydrogen) atoms. The number of hydrogen-bond acceptors (Lipinski definition) is 3. The zero-order chi connectivity index (χ0) is 16.9. The Hall–Kier alpha value is -1.30. The summed E-state index contributed by atoms with van der Waals surface area (Å²) in [5.41, 5.74) is 1.16. The van der Waals surface area contributed by atoms with Crippen molar-refractivity contribution in [2.45, 2.75) is 25.4 Å². The van der Waals surface area contributed by atoms with Crippen LogP contribution in [0, 0.1) is 5.92 Å². The van der Waals surface area contributed by atoms with E-state index in [0.29, 0.717) is 6.04 Å². The van der Waals surface area contributed by atoms with Gasteiger partial charge >= 0.3 is 0 Å². The largest absolute Gasteiger partial charge is 0.379 e. The second-order valence-electron chi connectivity index (χ2n) is 6.60. The molecular formula is C18H27ClN4O. The minimum atomic E-state index is 0.206. The number of aliphatic imine (C=N–C) groups is 1. The summed E-state index contributed by atoms with van der Waals surface area (Å²) in [6, 6.07) is 8.86. The Balaban J connectivity index is 1.68. The van der Waals surface area contributed by atoms with Crippen molar-refractivity contribution in [1.82, 2.24) is 15.5 Å². The molecule has 1 heterocycles. The highest BCUT2D eigenvalue weighted by molar-refractivity contribution is 6.31. The molecule has 2 aliphatic rings. The average Bonchev–Trinajstić information content (AvgIpc) is 3.31. The molecule has 0 amide bonds. The number of halogens is 1. The van der Waals surface area contributed by atoms with Gasteiger partial charge in [-0.2, -0.15) is 0 Å². The van der Waals surface area contributed by atoms with Gasteiger partial charge in [0.25, 0.3) is 0 Å². The third kappa shape index (κ3) is 4.41. The maximum atomic E-state index is 6.47. The monoisotopic (exact) mass is 350 g/mol. The molecule has 0 radical (unpaired) electrons. The summed E-state index contributed by atoms with van der Waals surface area (Å²) in [5.74, 6) is 1.61. The average molecular weight is 351 g/mol.